The number of rotatable bonds is 7. The number of nitrogens with one attached hydrogen (secondary N) is 1. The van der Waals surface area contributed by atoms with Crippen molar-refractivity contribution in [2.24, 2.45) is 27.2 Å². The summed E-state index contributed by atoms with van der Waals surface area (Å²) >= 11 is 6.55. The Balaban J connectivity index is 2.03. The summed E-state index contributed by atoms with van der Waals surface area (Å²) in [7, 11) is 0. The third-order valence-corrected chi connectivity index (χ3v) is 6.43. The van der Waals surface area contributed by atoms with Gasteiger partial charge in [-0.15, -0.1) is 0 Å². The Hall–Kier alpha value is -2.13. The van der Waals surface area contributed by atoms with E-state index in [1.807, 2.05) is 20.8 Å². The largest absolute Gasteiger partial charge is 0.337 e. The Morgan fingerprint density at radius 3 is 2.80 bits per heavy atom. The number of allylic oxidation sites excluding steroid dienone is 10. The summed E-state index contributed by atoms with van der Waals surface area (Å²) < 4.78 is 0. The first-order valence-corrected chi connectivity index (χ1v) is 11.3. The molecule has 30 heavy (non-hydrogen) atoms. The summed E-state index contributed by atoms with van der Waals surface area (Å²) in [6.45, 7) is 12.5. The van der Waals surface area contributed by atoms with Crippen LogP contribution in [0, 0.1) is 17.3 Å². The van der Waals surface area contributed by atoms with Gasteiger partial charge in [-0.2, -0.15) is 0 Å². The van der Waals surface area contributed by atoms with Crippen LogP contribution in [0.5, 0.6) is 0 Å². The highest BCUT2D eigenvalue weighted by molar-refractivity contribution is 6.26. The van der Waals surface area contributed by atoms with Crippen molar-refractivity contribution in [3.05, 3.63) is 71.4 Å². The van der Waals surface area contributed by atoms with E-state index in [0.717, 1.165) is 17.8 Å². The molecule has 1 unspecified atom stereocenters. The summed E-state index contributed by atoms with van der Waals surface area (Å²) in [6.07, 6.45) is 22.1. The lowest BCUT2D eigenvalue weighted by atomic mass is 9.84. The molecule has 1 N–H and O–H groups in total. The number of hydrogen-bond acceptors (Lipinski definition) is 3. The summed E-state index contributed by atoms with van der Waals surface area (Å²) in [4.78, 5) is 9.41. The van der Waals surface area contributed by atoms with Crippen molar-refractivity contribution in [1.29, 1.82) is 0 Å². The predicted octanol–water partition coefficient (Wildman–Crippen LogP) is 6.87. The highest BCUT2D eigenvalue weighted by Crippen LogP contribution is 2.61. The van der Waals surface area contributed by atoms with Gasteiger partial charge in [0.2, 0.25) is 5.12 Å². The molecule has 0 aromatic rings. The second-order valence-electron chi connectivity index (χ2n) is 8.69. The molecule has 1 aliphatic heterocycles. The van der Waals surface area contributed by atoms with Gasteiger partial charge in [0.05, 0.1) is 0 Å². The standard InChI is InChI=1S/C26H34ClN3/c1-7-9-12-21(8-2)18(3)15-22(24-28-20(5)29-25(6,27)30-24)16-19(4)26-14-11-10-13-23(26)17-26/h7,9-16,19,23H,8,17H2,1-6H3,(H,28,29,30)/b9-7-,18-15+,21-12+,22-16+/t19-,23?,25-,26+/m0/s1. The fourth-order valence-corrected chi connectivity index (χ4v) is 4.66. The van der Waals surface area contributed by atoms with E-state index in [1.54, 1.807) is 0 Å². The molecule has 160 valence electrons. The highest BCUT2D eigenvalue weighted by Gasteiger charge is 2.54. The first-order valence-electron chi connectivity index (χ1n) is 10.9. The molecule has 0 aromatic heterocycles. The Labute approximate surface area is 186 Å². The Kier molecular flexibility index (Phi) is 6.71. The molecule has 3 nitrogen and oxygen atoms in total. The second-order valence-corrected chi connectivity index (χ2v) is 9.42. The second kappa shape index (κ2) is 8.93. The fourth-order valence-electron chi connectivity index (χ4n) is 4.45. The minimum atomic E-state index is -0.881. The molecule has 1 heterocycles. The molecule has 0 saturated heterocycles. The van der Waals surface area contributed by atoms with Crippen molar-refractivity contribution < 1.29 is 0 Å². The number of hydrogen-bond donors (Lipinski definition) is 1. The molecule has 1 fully saturated rings. The predicted molar refractivity (Wildman–Crippen MR) is 131 cm³/mol. The van der Waals surface area contributed by atoms with Crippen LogP contribution in [0.15, 0.2) is 81.4 Å². The average molecular weight is 424 g/mol. The van der Waals surface area contributed by atoms with Crippen molar-refractivity contribution in [1.82, 2.24) is 5.32 Å². The van der Waals surface area contributed by atoms with E-state index >= 15 is 0 Å². The quantitative estimate of drug-likeness (QED) is 0.270. The third-order valence-electron chi connectivity index (χ3n) is 6.25. The van der Waals surface area contributed by atoms with Crippen LogP contribution in [0.2, 0.25) is 0 Å². The van der Waals surface area contributed by atoms with Crippen LogP contribution in [-0.2, 0) is 0 Å². The first-order chi connectivity index (χ1) is 14.2. The van der Waals surface area contributed by atoms with E-state index in [-0.39, 0.29) is 5.41 Å². The van der Waals surface area contributed by atoms with Crippen molar-refractivity contribution >= 4 is 23.3 Å². The molecular formula is C26H34ClN3. The van der Waals surface area contributed by atoms with Gasteiger partial charge in [0, 0.05) is 11.0 Å². The van der Waals surface area contributed by atoms with Crippen molar-refractivity contribution in [2.45, 2.75) is 59.5 Å². The van der Waals surface area contributed by atoms with Crippen LogP contribution in [0.4, 0.5) is 0 Å². The lowest BCUT2D eigenvalue weighted by Crippen LogP contribution is -2.42. The van der Waals surface area contributed by atoms with Gasteiger partial charge in [-0.1, -0.05) is 74.1 Å². The lowest BCUT2D eigenvalue weighted by Gasteiger charge is -2.26. The lowest BCUT2D eigenvalue weighted by molar-refractivity contribution is 0.467. The maximum absolute atomic E-state index is 6.55. The number of aliphatic imine (C=N–C) groups is 2. The number of halogens is 1. The van der Waals surface area contributed by atoms with Crippen LogP contribution in [0.25, 0.3) is 0 Å². The van der Waals surface area contributed by atoms with Gasteiger partial charge in [0.1, 0.15) is 5.84 Å². The zero-order valence-electron chi connectivity index (χ0n) is 19.0. The number of amidine groups is 2. The number of fused-ring (bicyclic) bond motifs is 1. The molecule has 0 bridgehead atoms. The molecule has 0 aromatic carbocycles. The SMILES string of the molecule is C\C=C/C=C(CC)/C(C)=C/C(=C\[C@H](C)[C@]12C=CC=CC1C2)C1=N[C@@](C)(Cl)NC(C)=N1. The van der Waals surface area contributed by atoms with Crippen LogP contribution < -0.4 is 5.32 Å². The first kappa shape index (κ1) is 22.6. The minimum absolute atomic E-state index is 0.229. The van der Waals surface area contributed by atoms with Crippen molar-refractivity contribution in [3.63, 3.8) is 0 Å². The summed E-state index contributed by atoms with van der Waals surface area (Å²) in [6, 6.07) is 0. The van der Waals surface area contributed by atoms with E-state index in [4.69, 9.17) is 21.6 Å². The topological polar surface area (TPSA) is 36.8 Å². The Morgan fingerprint density at radius 1 is 1.40 bits per heavy atom. The van der Waals surface area contributed by atoms with E-state index < -0.39 is 5.12 Å². The molecule has 1 saturated carbocycles. The summed E-state index contributed by atoms with van der Waals surface area (Å²) in [5.74, 6) is 2.49. The van der Waals surface area contributed by atoms with Crippen LogP contribution >= 0.6 is 11.6 Å². The molecule has 3 aliphatic rings. The maximum Gasteiger partial charge on any atom is 0.206 e. The zero-order valence-corrected chi connectivity index (χ0v) is 19.8. The number of nitrogens with zero attached hydrogens (tertiary/aromatic N) is 2. The molecule has 4 heteroatoms. The van der Waals surface area contributed by atoms with Crippen LogP contribution in [0.1, 0.15) is 54.4 Å². The van der Waals surface area contributed by atoms with Crippen molar-refractivity contribution in [2.75, 3.05) is 0 Å². The van der Waals surface area contributed by atoms with Gasteiger partial charge in [-0.05, 0) is 69.6 Å². The van der Waals surface area contributed by atoms with Gasteiger partial charge in [-0.25, -0.2) is 9.98 Å². The zero-order chi connectivity index (χ0) is 21.9. The minimum Gasteiger partial charge on any atom is -0.337 e. The maximum atomic E-state index is 6.55. The Morgan fingerprint density at radius 2 is 2.17 bits per heavy atom. The summed E-state index contributed by atoms with van der Waals surface area (Å²) in [5.41, 5.74) is 3.80. The van der Waals surface area contributed by atoms with Gasteiger partial charge in [0.15, 0.2) is 5.84 Å². The van der Waals surface area contributed by atoms with Gasteiger partial charge >= 0.3 is 0 Å². The number of alkyl halides is 1. The fraction of sp³-hybridized carbons (Fsp3) is 0.462. The smallest absolute Gasteiger partial charge is 0.206 e. The highest BCUT2D eigenvalue weighted by atomic mass is 35.5. The van der Waals surface area contributed by atoms with Crippen molar-refractivity contribution in [3.8, 4) is 0 Å². The van der Waals surface area contributed by atoms with E-state index in [0.29, 0.717) is 17.7 Å². The van der Waals surface area contributed by atoms with Crippen LogP contribution in [-0.4, -0.2) is 16.8 Å². The van der Waals surface area contributed by atoms with E-state index in [2.05, 4.69) is 80.8 Å². The average Bonchev–Trinajstić information content (AvgIpc) is 3.42. The molecule has 0 spiro atoms. The molecule has 2 aliphatic carbocycles. The van der Waals surface area contributed by atoms with E-state index in [1.165, 1.54) is 17.6 Å². The molecule has 3 rings (SSSR count). The van der Waals surface area contributed by atoms with E-state index in [9.17, 15) is 0 Å². The monoisotopic (exact) mass is 423 g/mol. The van der Waals surface area contributed by atoms with Crippen LogP contribution in [0.3, 0.4) is 0 Å². The normalized spacial score (nSPS) is 32.5. The molecule has 0 amide bonds. The molecular weight excluding hydrogens is 390 g/mol. The molecule has 0 radical (unpaired) electrons. The summed E-state index contributed by atoms with van der Waals surface area (Å²) in [5, 5.41) is 2.25. The van der Waals surface area contributed by atoms with Gasteiger partial charge < -0.3 is 5.32 Å². The third kappa shape index (κ3) is 4.95. The Bertz CT molecular complexity index is 924. The molecule has 4 atom stereocenters. The van der Waals surface area contributed by atoms with Gasteiger partial charge in [-0.3, -0.25) is 0 Å². The van der Waals surface area contributed by atoms with Gasteiger partial charge in [0.25, 0.3) is 0 Å².